The lowest BCUT2D eigenvalue weighted by atomic mass is 9.77. The summed E-state index contributed by atoms with van der Waals surface area (Å²) in [6.45, 7) is 8.04. The molecule has 16 heteroatoms. The van der Waals surface area contributed by atoms with Gasteiger partial charge >= 0.3 is 17.9 Å². The van der Waals surface area contributed by atoms with Crippen molar-refractivity contribution in [1.82, 2.24) is 20.5 Å². The molecule has 3 N–H and O–H groups in total. The number of nitrogens with zero attached hydrogens (tertiary/aromatic N) is 2. The molecule has 3 heterocycles. The number of unbranched alkanes of at least 4 members (excludes halogenated alkanes) is 3. The monoisotopic (exact) mass is 1020 g/mol. The summed E-state index contributed by atoms with van der Waals surface area (Å²) in [5, 5.41) is 10.2. The average molecular weight is 1020 g/mol. The van der Waals surface area contributed by atoms with Crippen LogP contribution in [0.25, 0.3) is 10.9 Å². The maximum Gasteiger partial charge on any atom is 0.340 e. The second kappa shape index (κ2) is 22.5. The highest BCUT2D eigenvalue weighted by Gasteiger charge is 2.54. The van der Waals surface area contributed by atoms with Gasteiger partial charge in [-0.05, 0) is 124 Å². The fourth-order valence-electron chi connectivity index (χ4n) is 10.5. The highest BCUT2D eigenvalue weighted by molar-refractivity contribution is 6.02. The average Bonchev–Trinajstić information content (AvgIpc) is 3.95. The molecule has 0 atom stereocenters. The number of carbonyl (C=O) groups is 7. The van der Waals surface area contributed by atoms with Crippen molar-refractivity contribution in [2.75, 3.05) is 24.5 Å². The van der Waals surface area contributed by atoms with E-state index in [2.05, 4.69) is 22.9 Å². The van der Waals surface area contributed by atoms with Crippen molar-refractivity contribution in [2.24, 2.45) is 5.92 Å². The predicted molar refractivity (Wildman–Crippen MR) is 280 cm³/mol. The minimum atomic E-state index is -1.55. The number of hydrogen-bond donors (Lipinski definition) is 3. The summed E-state index contributed by atoms with van der Waals surface area (Å²) in [6.07, 6.45) is 6.66. The maximum absolute atomic E-state index is 13.9. The largest absolute Gasteiger partial charge is 0.456 e. The molecule has 2 aliphatic heterocycles. The highest BCUT2D eigenvalue weighted by atomic mass is 16.6. The molecule has 3 aliphatic rings. The van der Waals surface area contributed by atoms with Crippen molar-refractivity contribution in [3.63, 3.8) is 0 Å². The van der Waals surface area contributed by atoms with Gasteiger partial charge in [0.15, 0.2) is 5.60 Å². The number of ether oxygens (including phenoxy) is 4. The van der Waals surface area contributed by atoms with E-state index in [0.29, 0.717) is 79.7 Å². The standard InChI is InChI=1S/C59H61N5O11/c1-5-38-14-13-16-43(30-38)63(6-2)54(67)35-64-50-17-10-9-15-40(50)32-51(64)57(70)62-42-21-18-39(19-22-42)55(68)60-28-11-7-8-12-29-61-56(69)41-20-25-46-49(31-41)59(75-58(46)71)47-26-23-44(72-36(3)65)33-52(47)74-53-34-45(73-37(4)66)24-27-48(53)59/h9-10,13-17,20,23-27,30-34,39,42H,5-8,11-12,18-19,21-22,28-29,35H2,1-4H3,(H,60,68)(H,61,69)(H,62,70)/t39-,42-. The molecule has 0 saturated heterocycles. The highest BCUT2D eigenvalue weighted by Crippen LogP contribution is 2.57. The molecule has 0 bridgehead atoms. The minimum absolute atomic E-state index is 0.0151. The fraction of sp³-hybridized carbons (Fsp3) is 0.339. The number of nitrogens with one attached hydrogen (secondary N) is 3. The van der Waals surface area contributed by atoms with Crippen LogP contribution in [0.1, 0.15) is 133 Å². The Morgan fingerprint density at radius 3 is 2.01 bits per heavy atom. The summed E-state index contributed by atoms with van der Waals surface area (Å²) >= 11 is 0. The molecule has 1 aromatic heterocycles. The van der Waals surface area contributed by atoms with E-state index in [1.807, 2.05) is 66.1 Å². The topological polar surface area (TPSA) is 201 Å². The molecule has 0 radical (unpaired) electrons. The second-order valence-corrected chi connectivity index (χ2v) is 19.3. The van der Waals surface area contributed by atoms with Gasteiger partial charge in [0.2, 0.25) is 11.8 Å². The van der Waals surface area contributed by atoms with E-state index in [9.17, 15) is 33.6 Å². The third kappa shape index (κ3) is 11.0. The summed E-state index contributed by atoms with van der Waals surface area (Å²) in [4.78, 5) is 93.5. The van der Waals surface area contributed by atoms with Gasteiger partial charge in [-0.1, -0.05) is 50.1 Å². The van der Waals surface area contributed by atoms with Crippen LogP contribution in [-0.2, 0) is 42.5 Å². The third-order valence-electron chi connectivity index (χ3n) is 14.2. The number of rotatable bonds is 18. The Labute approximate surface area is 435 Å². The van der Waals surface area contributed by atoms with Crippen molar-refractivity contribution in [3.05, 3.63) is 148 Å². The second-order valence-electron chi connectivity index (χ2n) is 19.3. The number of esters is 3. The first-order valence-electron chi connectivity index (χ1n) is 25.8. The SMILES string of the molecule is CCc1cccc(N(CC)C(=O)Cn2c(C(=O)N[C@H]3CC[C@H](C(=O)NCCCCCCNC(=O)c4ccc5c(c4)C4(OC5=O)c5ccc(OC(C)=O)cc5Oc5cc(OC(C)=O)ccc54)CC3)cc3ccccc32)c1. The van der Waals surface area contributed by atoms with Gasteiger partial charge in [-0.3, -0.25) is 28.8 Å². The Bertz CT molecular complexity index is 3140. The number of aromatic nitrogens is 1. The van der Waals surface area contributed by atoms with Crippen molar-refractivity contribution < 1.29 is 52.5 Å². The number of hydrogen-bond acceptors (Lipinski definition) is 11. The number of anilines is 1. The van der Waals surface area contributed by atoms with Gasteiger partial charge in [0.25, 0.3) is 11.8 Å². The minimum Gasteiger partial charge on any atom is -0.456 e. The molecule has 1 fully saturated rings. The lowest BCUT2D eigenvalue weighted by molar-refractivity contribution is -0.132. The van der Waals surface area contributed by atoms with E-state index in [1.54, 1.807) is 47.4 Å². The van der Waals surface area contributed by atoms with E-state index in [0.717, 1.165) is 47.8 Å². The van der Waals surface area contributed by atoms with Crippen LogP contribution in [0.3, 0.4) is 0 Å². The lowest BCUT2D eigenvalue weighted by Gasteiger charge is -2.36. The van der Waals surface area contributed by atoms with E-state index in [-0.39, 0.29) is 70.7 Å². The van der Waals surface area contributed by atoms with Gasteiger partial charge in [0.05, 0.1) is 5.56 Å². The van der Waals surface area contributed by atoms with Crippen molar-refractivity contribution in [3.8, 4) is 23.0 Å². The van der Waals surface area contributed by atoms with Gasteiger partial charge < -0.3 is 44.4 Å². The molecule has 5 aromatic carbocycles. The van der Waals surface area contributed by atoms with E-state index < -0.39 is 23.5 Å². The lowest BCUT2D eigenvalue weighted by Crippen LogP contribution is -2.42. The molecule has 1 spiro atoms. The maximum atomic E-state index is 13.9. The van der Waals surface area contributed by atoms with Crippen LogP contribution in [-0.4, -0.2) is 71.8 Å². The van der Waals surface area contributed by atoms with Crippen LogP contribution in [0.2, 0.25) is 0 Å². The number of amides is 4. The van der Waals surface area contributed by atoms with Gasteiger partial charge in [-0.2, -0.15) is 0 Å². The summed E-state index contributed by atoms with van der Waals surface area (Å²) in [5.74, 6) is -1.60. The number of carbonyl (C=O) groups excluding carboxylic acids is 7. The van der Waals surface area contributed by atoms with E-state index in [1.165, 1.54) is 26.0 Å². The molecular formula is C59H61N5O11. The zero-order valence-corrected chi connectivity index (χ0v) is 42.6. The van der Waals surface area contributed by atoms with Crippen LogP contribution in [0.5, 0.6) is 23.0 Å². The number of fused-ring (bicyclic) bond motifs is 7. The van der Waals surface area contributed by atoms with Crippen LogP contribution in [0.4, 0.5) is 5.69 Å². The Balaban J connectivity index is 0.734. The van der Waals surface area contributed by atoms with Crippen LogP contribution < -0.4 is 35.1 Å². The normalized spacial score (nSPS) is 15.9. The molecule has 0 unspecified atom stereocenters. The molecule has 388 valence electrons. The van der Waals surface area contributed by atoms with Crippen molar-refractivity contribution >= 4 is 58.1 Å². The number of aryl methyl sites for hydroxylation is 1. The Hall–Kier alpha value is -8.27. The Morgan fingerprint density at radius 1 is 0.693 bits per heavy atom. The summed E-state index contributed by atoms with van der Waals surface area (Å²) in [6, 6.07) is 31.7. The Kier molecular flexibility index (Phi) is 15.5. The molecule has 1 saturated carbocycles. The Morgan fingerprint density at radius 2 is 1.36 bits per heavy atom. The molecule has 6 aromatic rings. The van der Waals surface area contributed by atoms with Gasteiger partial charge in [-0.15, -0.1) is 0 Å². The van der Waals surface area contributed by atoms with Gasteiger partial charge in [0, 0.05) is 96.4 Å². The first kappa shape index (κ1) is 51.6. The smallest absolute Gasteiger partial charge is 0.340 e. The molecule has 9 rings (SSSR count). The molecular weight excluding hydrogens is 955 g/mol. The molecule has 1 aliphatic carbocycles. The summed E-state index contributed by atoms with van der Waals surface area (Å²) < 4.78 is 24.9. The molecule has 75 heavy (non-hydrogen) atoms. The fourth-order valence-corrected chi connectivity index (χ4v) is 10.5. The summed E-state index contributed by atoms with van der Waals surface area (Å²) in [7, 11) is 0. The zero-order chi connectivity index (χ0) is 52.8. The number of benzene rings is 5. The van der Waals surface area contributed by atoms with E-state index >= 15 is 0 Å². The first-order valence-corrected chi connectivity index (χ1v) is 25.8. The third-order valence-corrected chi connectivity index (χ3v) is 14.2. The zero-order valence-electron chi connectivity index (χ0n) is 42.6. The predicted octanol–water partition coefficient (Wildman–Crippen LogP) is 9.07. The molecule has 16 nitrogen and oxygen atoms in total. The molecule has 4 amide bonds. The van der Waals surface area contributed by atoms with E-state index in [4.69, 9.17) is 18.9 Å². The number of para-hydroxylation sites is 1. The van der Waals surface area contributed by atoms with Gasteiger partial charge in [-0.25, -0.2) is 4.79 Å². The van der Waals surface area contributed by atoms with Crippen molar-refractivity contribution in [1.29, 1.82) is 0 Å². The quantitative estimate of drug-likeness (QED) is 0.0421. The first-order chi connectivity index (χ1) is 36.3. The van der Waals surface area contributed by atoms with Crippen molar-refractivity contribution in [2.45, 2.75) is 104 Å². The number of likely N-dealkylation sites (N-methyl/N-ethyl adjacent to an activating group) is 1. The van der Waals surface area contributed by atoms with Crippen LogP contribution >= 0.6 is 0 Å². The van der Waals surface area contributed by atoms with Gasteiger partial charge in [0.1, 0.15) is 35.2 Å². The van der Waals surface area contributed by atoms with Crippen LogP contribution in [0.15, 0.2) is 109 Å². The summed E-state index contributed by atoms with van der Waals surface area (Å²) in [5.41, 5.74) is 3.56. The van der Waals surface area contributed by atoms with Crippen LogP contribution in [0, 0.1) is 5.92 Å².